The topological polar surface area (TPSA) is 72.3 Å². The van der Waals surface area contributed by atoms with Crippen LogP contribution in [0, 0.1) is 6.92 Å². The molecule has 7 heteroatoms. The molecule has 0 aliphatic heterocycles. The number of likely N-dealkylation sites (N-methyl/N-ethyl adjacent to an activating group) is 2. The van der Waals surface area contributed by atoms with Gasteiger partial charge in [0.1, 0.15) is 0 Å². The summed E-state index contributed by atoms with van der Waals surface area (Å²) in [5.74, 6) is 1.16. The number of aryl methyl sites for hydroxylation is 1. The second kappa shape index (κ2) is 11.2. The molecular formula is C23H32N3O4+. The zero-order valence-electron chi connectivity index (χ0n) is 18.5. The van der Waals surface area contributed by atoms with Gasteiger partial charge in [0.15, 0.2) is 24.6 Å². The largest absolute Gasteiger partial charge is 0.493 e. The molecule has 2 rings (SSSR count). The highest BCUT2D eigenvalue weighted by molar-refractivity contribution is 5.91. The molecule has 2 amide bonds. The predicted octanol–water partition coefficient (Wildman–Crippen LogP) is 1.51. The maximum Gasteiger partial charge on any atom is 0.279 e. The summed E-state index contributed by atoms with van der Waals surface area (Å²) in [6.45, 7) is 5.44. The molecular weight excluding hydrogens is 382 g/mol. The molecule has 0 fully saturated rings. The van der Waals surface area contributed by atoms with E-state index in [1.54, 1.807) is 19.1 Å². The number of rotatable bonds is 10. The molecule has 0 saturated heterocycles. The molecule has 2 N–H and O–H groups in total. The maximum atomic E-state index is 12.8. The Morgan fingerprint density at radius 1 is 1.00 bits per heavy atom. The average Bonchev–Trinajstić information content (AvgIpc) is 2.73. The number of carbonyl (C=O) groups excluding carboxylic acids is 2. The third-order valence-electron chi connectivity index (χ3n) is 4.81. The van der Waals surface area contributed by atoms with Gasteiger partial charge in [0, 0.05) is 18.8 Å². The summed E-state index contributed by atoms with van der Waals surface area (Å²) < 4.78 is 10.6. The second-order valence-electron chi connectivity index (χ2n) is 7.32. The normalized spacial score (nSPS) is 11.5. The third kappa shape index (κ3) is 6.77. The fourth-order valence-corrected chi connectivity index (χ4v) is 3.12. The molecule has 162 valence electrons. The van der Waals surface area contributed by atoms with Gasteiger partial charge in [-0.15, -0.1) is 0 Å². The molecule has 2 aromatic carbocycles. The number of carbonyl (C=O) groups is 2. The molecule has 0 radical (unpaired) electrons. The Balaban J connectivity index is 1.90. The minimum Gasteiger partial charge on any atom is -0.493 e. The smallest absolute Gasteiger partial charge is 0.279 e. The van der Waals surface area contributed by atoms with Crippen LogP contribution in [0.25, 0.3) is 0 Å². The van der Waals surface area contributed by atoms with Crippen LogP contribution in [0.4, 0.5) is 5.69 Å². The van der Waals surface area contributed by atoms with Crippen LogP contribution in [0.1, 0.15) is 18.1 Å². The second-order valence-corrected chi connectivity index (χ2v) is 7.32. The fourth-order valence-electron chi connectivity index (χ4n) is 3.12. The molecule has 30 heavy (non-hydrogen) atoms. The van der Waals surface area contributed by atoms with Gasteiger partial charge in [0.2, 0.25) is 0 Å². The standard InChI is InChI=1S/C23H31N3O4/c1-6-26(14-18-9-12-20(29-4)21(13-18)30-5)23(28)16-25(3)15-22(27)24-19-10-7-17(2)8-11-19/h7-13H,6,14-16H2,1-5H3,(H,24,27)/p+1. The highest BCUT2D eigenvalue weighted by Gasteiger charge is 2.19. The van der Waals surface area contributed by atoms with Crippen molar-refractivity contribution in [1.29, 1.82) is 0 Å². The van der Waals surface area contributed by atoms with Crippen LogP contribution in [0.2, 0.25) is 0 Å². The number of hydrogen-bond acceptors (Lipinski definition) is 4. The Morgan fingerprint density at radius 2 is 1.67 bits per heavy atom. The summed E-state index contributed by atoms with van der Waals surface area (Å²) in [6.07, 6.45) is 0. The van der Waals surface area contributed by atoms with Gasteiger partial charge in [-0.25, -0.2) is 0 Å². The lowest BCUT2D eigenvalue weighted by Gasteiger charge is -2.23. The van der Waals surface area contributed by atoms with E-state index in [0.29, 0.717) is 24.6 Å². The van der Waals surface area contributed by atoms with Crippen molar-refractivity contribution in [2.75, 3.05) is 46.2 Å². The van der Waals surface area contributed by atoms with E-state index < -0.39 is 0 Å². The summed E-state index contributed by atoms with van der Waals surface area (Å²) in [4.78, 5) is 27.6. The van der Waals surface area contributed by atoms with E-state index in [0.717, 1.165) is 21.7 Å². The number of hydrogen-bond donors (Lipinski definition) is 2. The zero-order chi connectivity index (χ0) is 22.1. The van der Waals surface area contributed by atoms with Gasteiger partial charge >= 0.3 is 0 Å². The number of nitrogens with zero attached hydrogens (tertiary/aromatic N) is 1. The van der Waals surface area contributed by atoms with E-state index in [2.05, 4.69) is 5.32 Å². The molecule has 0 spiro atoms. The van der Waals surface area contributed by atoms with Crippen molar-refractivity contribution in [3.8, 4) is 11.5 Å². The first-order valence-corrected chi connectivity index (χ1v) is 10.0. The first kappa shape index (κ1) is 23.2. The van der Waals surface area contributed by atoms with Crippen molar-refractivity contribution >= 4 is 17.5 Å². The highest BCUT2D eigenvalue weighted by Crippen LogP contribution is 2.28. The summed E-state index contributed by atoms with van der Waals surface area (Å²) in [5, 5.41) is 2.87. The van der Waals surface area contributed by atoms with Gasteiger partial charge < -0.3 is 24.6 Å². The van der Waals surface area contributed by atoms with Gasteiger partial charge in [0.25, 0.3) is 11.8 Å². The van der Waals surface area contributed by atoms with E-state index in [4.69, 9.17) is 9.47 Å². The number of amides is 2. The van der Waals surface area contributed by atoms with E-state index >= 15 is 0 Å². The van der Waals surface area contributed by atoms with Crippen LogP contribution < -0.4 is 19.7 Å². The Hall–Kier alpha value is -3.06. The van der Waals surface area contributed by atoms with Crippen LogP contribution in [0.15, 0.2) is 42.5 Å². The molecule has 1 unspecified atom stereocenters. The Bertz CT molecular complexity index is 852. The predicted molar refractivity (Wildman–Crippen MR) is 117 cm³/mol. The third-order valence-corrected chi connectivity index (χ3v) is 4.81. The van der Waals surface area contributed by atoms with Gasteiger partial charge in [-0.05, 0) is 43.7 Å². The molecule has 0 aliphatic carbocycles. The molecule has 1 atom stereocenters. The lowest BCUT2D eigenvalue weighted by atomic mass is 10.2. The molecule has 0 bridgehead atoms. The Kier molecular flexibility index (Phi) is 8.68. The lowest BCUT2D eigenvalue weighted by Crippen LogP contribution is -3.11. The first-order valence-electron chi connectivity index (χ1n) is 10.0. The summed E-state index contributed by atoms with van der Waals surface area (Å²) in [6, 6.07) is 13.3. The lowest BCUT2D eigenvalue weighted by molar-refractivity contribution is -0.862. The average molecular weight is 415 g/mol. The van der Waals surface area contributed by atoms with Crippen LogP contribution in [-0.2, 0) is 16.1 Å². The quantitative estimate of drug-likeness (QED) is 0.618. The van der Waals surface area contributed by atoms with Crippen molar-refractivity contribution in [3.05, 3.63) is 53.6 Å². The van der Waals surface area contributed by atoms with Crippen LogP contribution in [0.3, 0.4) is 0 Å². The van der Waals surface area contributed by atoms with Gasteiger partial charge in [0.05, 0.1) is 21.3 Å². The monoisotopic (exact) mass is 414 g/mol. The highest BCUT2D eigenvalue weighted by atomic mass is 16.5. The van der Waals surface area contributed by atoms with Crippen molar-refractivity contribution in [2.45, 2.75) is 20.4 Å². The SMILES string of the molecule is CCN(Cc1ccc(OC)c(OC)c1)C(=O)C[NH+](C)CC(=O)Nc1ccc(C)cc1. The Labute approximate surface area is 178 Å². The number of ether oxygens (including phenoxy) is 2. The van der Waals surface area contributed by atoms with Crippen molar-refractivity contribution < 1.29 is 24.0 Å². The van der Waals surface area contributed by atoms with Gasteiger partial charge in [-0.1, -0.05) is 23.8 Å². The number of anilines is 1. The van der Waals surface area contributed by atoms with Gasteiger partial charge in [-0.2, -0.15) is 0 Å². The van der Waals surface area contributed by atoms with Gasteiger partial charge in [-0.3, -0.25) is 9.59 Å². The van der Waals surface area contributed by atoms with E-state index in [1.165, 1.54) is 0 Å². The minimum absolute atomic E-state index is 0.00655. The van der Waals surface area contributed by atoms with Crippen LogP contribution >= 0.6 is 0 Å². The molecule has 2 aromatic rings. The zero-order valence-corrected chi connectivity index (χ0v) is 18.5. The van der Waals surface area contributed by atoms with Crippen molar-refractivity contribution in [1.82, 2.24) is 4.90 Å². The van der Waals surface area contributed by atoms with Crippen LogP contribution in [-0.4, -0.2) is 57.6 Å². The number of nitrogens with one attached hydrogen (secondary N) is 2. The summed E-state index contributed by atoms with van der Waals surface area (Å²) >= 11 is 0. The molecule has 0 saturated carbocycles. The molecule has 0 aromatic heterocycles. The minimum atomic E-state index is -0.118. The van der Waals surface area contributed by atoms with E-state index in [-0.39, 0.29) is 24.9 Å². The van der Waals surface area contributed by atoms with Crippen molar-refractivity contribution in [3.63, 3.8) is 0 Å². The maximum absolute atomic E-state index is 12.8. The number of benzene rings is 2. The number of quaternary nitrogens is 1. The molecule has 7 nitrogen and oxygen atoms in total. The van der Waals surface area contributed by atoms with E-state index in [1.807, 2.05) is 63.4 Å². The van der Waals surface area contributed by atoms with E-state index in [9.17, 15) is 9.59 Å². The number of methoxy groups -OCH3 is 2. The molecule has 0 heterocycles. The van der Waals surface area contributed by atoms with Crippen LogP contribution in [0.5, 0.6) is 11.5 Å². The summed E-state index contributed by atoms with van der Waals surface area (Å²) in [5.41, 5.74) is 2.85. The first-order chi connectivity index (χ1) is 14.4. The van der Waals surface area contributed by atoms with Crippen molar-refractivity contribution in [2.24, 2.45) is 0 Å². The fraction of sp³-hybridized carbons (Fsp3) is 0.391. The summed E-state index contributed by atoms with van der Waals surface area (Å²) in [7, 11) is 5.02. The molecule has 0 aliphatic rings. The Morgan fingerprint density at radius 3 is 2.27 bits per heavy atom.